The van der Waals surface area contributed by atoms with Crippen molar-refractivity contribution >= 4 is 34.2 Å². The second-order valence-electron chi connectivity index (χ2n) is 5.85. The molecule has 0 saturated carbocycles. The van der Waals surface area contributed by atoms with Crippen molar-refractivity contribution < 1.29 is 4.79 Å². The van der Waals surface area contributed by atoms with Crippen molar-refractivity contribution in [3.63, 3.8) is 0 Å². The first-order valence-electron chi connectivity index (χ1n) is 8.14. The minimum Gasteiger partial charge on any atom is -0.306 e. The van der Waals surface area contributed by atoms with Crippen LogP contribution >= 0.6 is 11.3 Å². The zero-order valence-electron chi connectivity index (χ0n) is 13.7. The second-order valence-corrected chi connectivity index (χ2v) is 6.79. The average molecular weight is 368 g/mol. The van der Waals surface area contributed by atoms with Crippen molar-refractivity contribution in [2.45, 2.75) is 19.3 Å². The van der Waals surface area contributed by atoms with Crippen LogP contribution in [0.4, 0.5) is 5.95 Å². The number of rotatable bonds is 6. The van der Waals surface area contributed by atoms with Crippen LogP contribution in [0.5, 0.6) is 0 Å². The van der Waals surface area contributed by atoms with Crippen LogP contribution in [0.2, 0.25) is 0 Å². The molecule has 0 spiro atoms. The number of carbonyl (C=O) groups excluding carboxylic acids is 1. The molecule has 0 saturated heterocycles. The molecule has 0 aliphatic carbocycles. The van der Waals surface area contributed by atoms with Crippen LogP contribution in [-0.2, 0) is 11.2 Å². The zero-order valence-corrected chi connectivity index (χ0v) is 14.5. The van der Waals surface area contributed by atoms with Gasteiger partial charge in [0.25, 0.3) is 0 Å². The Labute approximate surface area is 151 Å². The number of aromatic nitrogens is 5. The van der Waals surface area contributed by atoms with Gasteiger partial charge in [-0.3, -0.25) is 15.2 Å². The number of imidazole rings is 1. The van der Waals surface area contributed by atoms with Crippen molar-refractivity contribution in [1.82, 2.24) is 25.1 Å². The van der Waals surface area contributed by atoms with Gasteiger partial charge in [0.05, 0.1) is 15.9 Å². The number of thiophene rings is 1. The average Bonchev–Trinajstić information content (AvgIpc) is 3.33. The molecule has 0 radical (unpaired) electrons. The van der Waals surface area contributed by atoms with Crippen LogP contribution in [0.3, 0.4) is 0 Å². The lowest BCUT2D eigenvalue weighted by Crippen LogP contribution is -2.12. The largest absolute Gasteiger partial charge is 0.323 e. The topological polar surface area (TPSA) is 119 Å². The van der Waals surface area contributed by atoms with E-state index in [1.54, 1.807) is 11.3 Å². The Bertz CT molecular complexity index is 1090. The molecule has 9 heteroatoms. The first kappa shape index (κ1) is 16.3. The van der Waals surface area contributed by atoms with Crippen LogP contribution in [0.1, 0.15) is 18.4 Å². The van der Waals surface area contributed by atoms with Gasteiger partial charge in [0.2, 0.25) is 11.9 Å². The summed E-state index contributed by atoms with van der Waals surface area (Å²) in [6.45, 7) is 0. The van der Waals surface area contributed by atoms with Crippen molar-refractivity contribution in [2.24, 2.45) is 0 Å². The summed E-state index contributed by atoms with van der Waals surface area (Å²) >= 11 is 1.55. The SMILES string of the molecule is O=C(CCCc1ccc2[nH]c(=O)[nH]c2c1)Nc1n[nH]c(-c2cccs2)n1. The van der Waals surface area contributed by atoms with Crippen molar-refractivity contribution in [1.29, 1.82) is 0 Å². The summed E-state index contributed by atoms with van der Waals surface area (Å²) in [7, 11) is 0. The molecule has 4 rings (SSSR count). The Hall–Kier alpha value is -3.20. The number of H-pyrrole nitrogens is 3. The number of nitrogens with zero attached hydrogens (tertiary/aromatic N) is 2. The lowest BCUT2D eigenvalue weighted by atomic mass is 10.1. The van der Waals surface area contributed by atoms with Crippen molar-refractivity contribution in [3.8, 4) is 10.7 Å². The Balaban J connectivity index is 1.30. The molecule has 0 aliphatic rings. The molecule has 0 fully saturated rings. The van der Waals surface area contributed by atoms with Gasteiger partial charge >= 0.3 is 5.69 Å². The number of aryl methyl sites for hydroxylation is 1. The van der Waals surface area contributed by atoms with Gasteiger partial charge in [0, 0.05) is 6.42 Å². The van der Waals surface area contributed by atoms with Crippen LogP contribution in [0.15, 0.2) is 40.5 Å². The molecule has 4 aromatic rings. The number of amides is 1. The zero-order chi connectivity index (χ0) is 17.9. The summed E-state index contributed by atoms with van der Waals surface area (Å²) in [4.78, 5) is 34.0. The Morgan fingerprint density at radius 1 is 1.19 bits per heavy atom. The maximum Gasteiger partial charge on any atom is 0.323 e. The van der Waals surface area contributed by atoms with E-state index >= 15 is 0 Å². The summed E-state index contributed by atoms with van der Waals surface area (Å²) in [6.07, 6.45) is 1.80. The smallest absolute Gasteiger partial charge is 0.306 e. The molecule has 26 heavy (non-hydrogen) atoms. The summed E-state index contributed by atoms with van der Waals surface area (Å²) in [5.74, 6) is 0.798. The minimum absolute atomic E-state index is 0.127. The standard InChI is InChI=1S/C17H16N6O2S/c24-14(20-16-21-15(22-23-16)13-4-2-8-26-13)5-1-3-10-6-7-11-12(9-10)19-17(25)18-11/h2,4,6-9H,1,3,5H2,(H2,18,19,25)(H2,20,21,22,23,24). The number of carbonyl (C=O) groups is 1. The fourth-order valence-corrected chi connectivity index (χ4v) is 3.38. The van der Waals surface area contributed by atoms with E-state index in [0.717, 1.165) is 27.9 Å². The normalized spacial score (nSPS) is 11.1. The van der Waals surface area contributed by atoms with E-state index in [0.29, 0.717) is 18.7 Å². The van der Waals surface area contributed by atoms with E-state index in [4.69, 9.17) is 0 Å². The van der Waals surface area contributed by atoms with Gasteiger partial charge in [-0.25, -0.2) is 4.79 Å². The highest BCUT2D eigenvalue weighted by Crippen LogP contribution is 2.21. The van der Waals surface area contributed by atoms with Gasteiger partial charge in [0.15, 0.2) is 5.82 Å². The predicted molar refractivity (Wildman–Crippen MR) is 100 cm³/mol. The van der Waals surface area contributed by atoms with E-state index < -0.39 is 0 Å². The van der Waals surface area contributed by atoms with E-state index in [-0.39, 0.29) is 17.5 Å². The molecule has 1 aromatic carbocycles. The lowest BCUT2D eigenvalue weighted by molar-refractivity contribution is -0.116. The maximum atomic E-state index is 12.1. The molecule has 1 amide bonds. The van der Waals surface area contributed by atoms with E-state index in [1.165, 1.54) is 0 Å². The molecule has 0 aliphatic heterocycles. The highest BCUT2D eigenvalue weighted by atomic mass is 32.1. The highest BCUT2D eigenvalue weighted by Gasteiger charge is 2.09. The third-order valence-corrected chi connectivity index (χ3v) is 4.82. The molecule has 8 nitrogen and oxygen atoms in total. The number of anilines is 1. The number of benzene rings is 1. The summed E-state index contributed by atoms with van der Waals surface area (Å²) < 4.78 is 0. The third kappa shape index (κ3) is 3.57. The van der Waals surface area contributed by atoms with Crippen LogP contribution in [0, 0.1) is 0 Å². The monoisotopic (exact) mass is 368 g/mol. The van der Waals surface area contributed by atoms with Gasteiger partial charge in [0.1, 0.15) is 0 Å². The van der Waals surface area contributed by atoms with Crippen LogP contribution < -0.4 is 11.0 Å². The minimum atomic E-state index is -0.218. The number of fused-ring (bicyclic) bond motifs is 1. The van der Waals surface area contributed by atoms with Crippen LogP contribution in [0.25, 0.3) is 21.7 Å². The van der Waals surface area contributed by atoms with Crippen LogP contribution in [-0.4, -0.2) is 31.1 Å². The molecule has 0 unspecified atom stereocenters. The molecule has 0 atom stereocenters. The predicted octanol–water partition coefficient (Wildman–Crippen LogP) is 2.66. The van der Waals surface area contributed by atoms with Crippen molar-refractivity contribution in [3.05, 3.63) is 51.8 Å². The fraction of sp³-hybridized carbons (Fsp3) is 0.176. The summed E-state index contributed by atoms with van der Waals surface area (Å²) in [5.41, 5.74) is 2.41. The molecule has 4 N–H and O–H groups in total. The number of hydrogen-bond donors (Lipinski definition) is 4. The molecular weight excluding hydrogens is 352 g/mol. The lowest BCUT2D eigenvalue weighted by Gasteiger charge is -2.02. The van der Waals surface area contributed by atoms with Gasteiger partial charge in [-0.2, -0.15) is 4.98 Å². The third-order valence-electron chi connectivity index (χ3n) is 3.94. The quantitative estimate of drug-likeness (QED) is 0.418. The second kappa shape index (κ2) is 6.96. The van der Waals surface area contributed by atoms with E-state index in [2.05, 4.69) is 30.5 Å². The molecule has 0 bridgehead atoms. The highest BCUT2D eigenvalue weighted by molar-refractivity contribution is 7.13. The molecule has 3 heterocycles. The van der Waals surface area contributed by atoms with Gasteiger partial charge in [-0.1, -0.05) is 12.1 Å². The Morgan fingerprint density at radius 2 is 2.08 bits per heavy atom. The van der Waals surface area contributed by atoms with Gasteiger partial charge in [-0.05, 0) is 42.0 Å². The fourth-order valence-electron chi connectivity index (χ4n) is 2.72. The summed E-state index contributed by atoms with van der Waals surface area (Å²) in [5, 5.41) is 11.5. The Kier molecular flexibility index (Phi) is 4.36. The first-order chi connectivity index (χ1) is 12.7. The number of hydrogen-bond acceptors (Lipinski definition) is 5. The van der Waals surface area contributed by atoms with Gasteiger partial charge < -0.3 is 9.97 Å². The maximum absolute atomic E-state index is 12.1. The van der Waals surface area contributed by atoms with Gasteiger partial charge in [-0.15, -0.1) is 16.4 Å². The molecule has 132 valence electrons. The van der Waals surface area contributed by atoms with E-state index in [9.17, 15) is 9.59 Å². The summed E-state index contributed by atoms with van der Waals surface area (Å²) in [6, 6.07) is 9.61. The Morgan fingerprint density at radius 3 is 2.92 bits per heavy atom. The number of nitrogens with one attached hydrogen (secondary N) is 4. The number of aromatic amines is 3. The first-order valence-corrected chi connectivity index (χ1v) is 9.02. The van der Waals surface area contributed by atoms with Crippen molar-refractivity contribution in [2.75, 3.05) is 5.32 Å². The molecule has 3 aromatic heterocycles. The van der Waals surface area contributed by atoms with E-state index in [1.807, 2.05) is 35.7 Å². The molecular formula is C17H16N6O2S.